The van der Waals surface area contributed by atoms with Crippen LogP contribution in [0, 0.1) is 23.7 Å². The fourth-order valence-electron chi connectivity index (χ4n) is 14.3. The number of hydrogen-bond acceptors (Lipinski definition) is 33. The van der Waals surface area contributed by atoms with Crippen molar-refractivity contribution >= 4 is 172 Å². The van der Waals surface area contributed by atoms with Gasteiger partial charge >= 0.3 is 17.9 Å². The third-order valence-electron chi connectivity index (χ3n) is 23.3. The van der Waals surface area contributed by atoms with Gasteiger partial charge in [0.15, 0.2) is 0 Å². The molecule has 1 aromatic carbocycles. The number of aromatic amines is 1. The van der Waals surface area contributed by atoms with Crippen molar-refractivity contribution in [3.05, 3.63) is 48.0 Å². The number of nitrogens with zero attached hydrogens (tertiary/aromatic N) is 2. The van der Waals surface area contributed by atoms with E-state index < -0.39 is 339 Å². The molecule has 1 fully saturated rings. The number of aliphatic hydroxyl groups excluding tert-OH is 4. The Labute approximate surface area is 855 Å². The Bertz CT molecular complexity index is 4820. The topological polar surface area (TPSA) is 855 Å². The number of nitrogens with one attached hydrogen (secondary N) is 19. The van der Waals surface area contributed by atoms with Crippen LogP contribution in [0.25, 0.3) is 0 Å². The van der Waals surface area contributed by atoms with Crippen molar-refractivity contribution in [2.45, 2.75) is 274 Å². The normalized spacial score (nSPS) is 16.6. The number of primary amides is 1. The number of imidazole rings is 1. The Morgan fingerprint density at radius 3 is 1.33 bits per heavy atom. The summed E-state index contributed by atoms with van der Waals surface area (Å²) in [4.78, 5) is 321. The molecule has 2 heterocycles. The summed E-state index contributed by atoms with van der Waals surface area (Å²) >= 11 is 6.57. The van der Waals surface area contributed by atoms with Crippen LogP contribution in [0.2, 0.25) is 0 Å². The van der Waals surface area contributed by atoms with E-state index in [0.717, 1.165) is 18.7 Å². The Balaban J connectivity index is 1.85. The lowest BCUT2D eigenvalue weighted by Gasteiger charge is -2.31. The summed E-state index contributed by atoms with van der Waals surface area (Å²) in [6.07, 6.45) is 0.414. The summed E-state index contributed by atoms with van der Waals surface area (Å²) in [5, 5.41) is 123. The van der Waals surface area contributed by atoms with Crippen molar-refractivity contribution in [3.8, 4) is 5.75 Å². The molecule has 0 radical (unpaired) electrons. The molecule has 0 aliphatic carbocycles. The molecule has 20 amide bonds. The van der Waals surface area contributed by atoms with E-state index in [-0.39, 0.29) is 85.8 Å². The number of aromatic hydroxyl groups is 1. The van der Waals surface area contributed by atoms with E-state index in [4.69, 9.17) is 11.5 Å². The number of aromatic nitrogens is 2. The van der Waals surface area contributed by atoms with E-state index in [1.807, 2.05) is 0 Å². The van der Waals surface area contributed by atoms with Gasteiger partial charge in [-0.25, -0.2) is 9.78 Å². The number of amides is 20. The highest BCUT2D eigenvalue weighted by molar-refractivity contribution is 7.98. The number of aliphatic carboxylic acids is 3. The lowest BCUT2D eigenvalue weighted by Crippen LogP contribution is -2.63. The summed E-state index contributed by atoms with van der Waals surface area (Å²) < 4.78 is 0. The molecule has 0 spiro atoms. The predicted octanol–water partition coefficient (Wildman–Crippen LogP) is -9.89. The highest BCUT2D eigenvalue weighted by atomic mass is 32.2. The molecule has 0 unspecified atom stereocenters. The van der Waals surface area contributed by atoms with Gasteiger partial charge in [-0.3, -0.25) is 105 Å². The van der Waals surface area contributed by atoms with Crippen LogP contribution in [-0.4, -0.2) is 375 Å². The number of thiol groups is 1. The van der Waals surface area contributed by atoms with Crippen LogP contribution in [0.4, 0.5) is 0 Å². The maximum atomic E-state index is 14.7. The number of H-pyrrole nitrogens is 1. The Morgan fingerprint density at radius 2 is 0.856 bits per heavy atom. The van der Waals surface area contributed by atoms with Crippen molar-refractivity contribution in [1.29, 1.82) is 0 Å². The van der Waals surface area contributed by atoms with Crippen molar-refractivity contribution in [2.75, 3.05) is 62.7 Å². The summed E-state index contributed by atoms with van der Waals surface area (Å²) in [7, 11) is 0. The molecule has 1 aliphatic rings. The standard InChI is InChI=1S/C89H141N23O31S3/c1-14-42(7)68(86(139)100-52(24-27-145-12)75(128)103-55(30-48-33-92-39-94-48)80(133)111-70(46(11)116)88(141)112-26-16-17-61(112)84(137)93-34-63(119)97-60(38-144)83(136)108-67(41(5)6)89(142)143)109-76(129)53(25-28-146-13)99-79(132)57(32-65(122)123)101-72(125)45(10)95-71(124)44(9)96-74(127)51(22-23-64(120)121)98-77(130)54(29-47-18-20-49(117)21-19-47)104-85(138)66(40(3)4)107-87(140)69(43(8)15-2)110-82(135)59(37-115)106-81(134)58(36-114)105-78(131)56(31-62(91)118)102-73(126)50(90)35-113/h18-21,33,39-46,50-61,66-70,113-117,144H,14-17,22-32,34-38,90H2,1-13H3,(H2,91,118)(H,92,94)(H,93,137)(H,95,124)(H,96,127)(H,97,119)(H,98,130)(H,99,132)(H,100,139)(H,101,125)(H,102,126)(H,103,128)(H,104,138)(H,105,131)(H,106,134)(H,107,140)(H,108,136)(H,109,129)(H,110,135)(H,111,133)(H,120,121)(H,122,123)(H,142,143)/t42-,43-,44-,45-,46+,50-,51-,52-,53-,54-,55-,56-,57-,58-,59-,60-,61-,66-,67-,68-,69-,70-/m0/s1. The van der Waals surface area contributed by atoms with Crippen molar-refractivity contribution in [3.63, 3.8) is 0 Å². The number of rotatable bonds is 66. The number of benzene rings is 1. The largest absolute Gasteiger partial charge is 0.508 e. The van der Waals surface area contributed by atoms with Crippen LogP contribution in [0.15, 0.2) is 36.8 Å². The zero-order valence-corrected chi connectivity index (χ0v) is 85.8. The van der Waals surface area contributed by atoms with E-state index in [9.17, 15) is 151 Å². The molecule has 3 rings (SSSR count). The number of nitrogens with two attached hydrogens (primary N) is 2. The second-order valence-corrected chi connectivity index (χ2v) is 37.9. The third-order valence-corrected chi connectivity index (χ3v) is 25.0. The van der Waals surface area contributed by atoms with Crippen LogP contribution in [0.1, 0.15) is 152 Å². The summed E-state index contributed by atoms with van der Waals surface area (Å²) in [6.45, 7) is 11.8. The molecular weight excluding hydrogens is 1980 g/mol. The minimum Gasteiger partial charge on any atom is -0.508 e. The molecule has 2 aromatic rings. The number of phenolic OH excluding ortho intramolecular Hbond substituents is 1. The molecule has 0 bridgehead atoms. The van der Waals surface area contributed by atoms with Gasteiger partial charge in [-0.05, 0) is 118 Å². The molecule has 1 saturated heterocycles. The molecular formula is C89H141N23O31S3. The van der Waals surface area contributed by atoms with E-state index in [0.29, 0.717) is 0 Å². The molecule has 0 saturated carbocycles. The Morgan fingerprint density at radius 1 is 0.459 bits per heavy atom. The first kappa shape index (κ1) is 127. The second kappa shape index (κ2) is 64.0. The fraction of sp³-hybridized carbons (Fsp3) is 0.640. The average molecular weight is 2130 g/mol. The van der Waals surface area contributed by atoms with Gasteiger partial charge < -0.3 is 158 Å². The molecule has 816 valence electrons. The molecule has 146 heavy (non-hydrogen) atoms. The van der Waals surface area contributed by atoms with Gasteiger partial charge in [-0.15, -0.1) is 0 Å². The summed E-state index contributed by atoms with van der Waals surface area (Å²) in [5.74, 6) is -29.1. The van der Waals surface area contributed by atoms with Crippen LogP contribution in [-0.2, 0) is 123 Å². The molecule has 31 N–H and O–H groups in total. The minimum absolute atomic E-state index is 0.0572. The second-order valence-electron chi connectivity index (χ2n) is 35.6. The first-order valence-electron chi connectivity index (χ1n) is 47.0. The molecule has 57 heteroatoms. The van der Waals surface area contributed by atoms with E-state index in [1.165, 1.54) is 88.0 Å². The fourth-order valence-corrected chi connectivity index (χ4v) is 15.5. The lowest BCUT2D eigenvalue weighted by molar-refractivity contribution is -0.144. The average Bonchev–Trinajstić information content (AvgIpc) is 1.45. The first-order chi connectivity index (χ1) is 68.7. The van der Waals surface area contributed by atoms with Gasteiger partial charge in [-0.2, -0.15) is 36.2 Å². The number of carbonyl (C=O) groups is 23. The molecule has 22 atom stereocenters. The van der Waals surface area contributed by atoms with Crippen molar-refractivity contribution in [1.82, 2.24) is 111 Å². The Hall–Kier alpha value is -13.1. The highest BCUT2D eigenvalue weighted by Gasteiger charge is 2.44. The summed E-state index contributed by atoms with van der Waals surface area (Å²) in [5.41, 5.74) is 11.3. The van der Waals surface area contributed by atoms with E-state index in [2.05, 4.69) is 118 Å². The maximum absolute atomic E-state index is 14.7. The first-order valence-corrected chi connectivity index (χ1v) is 50.4. The predicted molar refractivity (Wildman–Crippen MR) is 526 cm³/mol. The zero-order chi connectivity index (χ0) is 110. The van der Waals surface area contributed by atoms with Gasteiger partial charge in [0.2, 0.25) is 118 Å². The van der Waals surface area contributed by atoms with Gasteiger partial charge in [-0.1, -0.05) is 80.4 Å². The van der Waals surface area contributed by atoms with Crippen LogP contribution in [0.3, 0.4) is 0 Å². The third kappa shape index (κ3) is 42.5. The molecule has 54 nitrogen and oxygen atoms in total. The van der Waals surface area contributed by atoms with Gasteiger partial charge in [0.05, 0.1) is 51.6 Å². The van der Waals surface area contributed by atoms with E-state index in [1.54, 1.807) is 47.1 Å². The Kier molecular flexibility index (Phi) is 55.7. The number of aliphatic hydroxyl groups is 4. The zero-order valence-electron chi connectivity index (χ0n) is 83.2. The minimum atomic E-state index is -2.01. The van der Waals surface area contributed by atoms with Gasteiger partial charge in [0.25, 0.3) is 0 Å². The highest BCUT2D eigenvalue weighted by Crippen LogP contribution is 2.22. The van der Waals surface area contributed by atoms with Crippen LogP contribution >= 0.6 is 36.2 Å². The van der Waals surface area contributed by atoms with Crippen LogP contribution < -0.4 is 107 Å². The van der Waals surface area contributed by atoms with Crippen molar-refractivity contribution < 1.29 is 151 Å². The quantitative estimate of drug-likeness (QED) is 0.0274. The van der Waals surface area contributed by atoms with Gasteiger partial charge in [0.1, 0.15) is 121 Å². The van der Waals surface area contributed by atoms with Crippen molar-refractivity contribution in [2.24, 2.45) is 35.1 Å². The monoisotopic (exact) mass is 2120 g/mol. The smallest absolute Gasteiger partial charge is 0.326 e. The number of hydrogen-bond donors (Lipinski definition) is 30. The van der Waals surface area contributed by atoms with E-state index >= 15 is 0 Å². The summed E-state index contributed by atoms with van der Waals surface area (Å²) in [6, 6.07) is -26.0. The SMILES string of the molecule is CC[C@H](C)[C@H](NC(=O)[C@H](CCSC)NC(=O)[C@H](CC(=O)O)NC(=O)[C@H](C)NC(=O)[C@H](C)NC(=O)[C@H](CCC(=O)O)NC(=O)[C@H](Cc1ccc(O)cc1)NC(=O)[C@@H](NC(=O)[C@@H](NC(=O)[C@H](CO)NC(=O)[C@H](CO)NC(=O)[C@H](CC(N)=O)NC(=O)[C@@H](N)CO)[C@@H](C)CC)C(C)C)C(=O)N[C@@H](CCSC)C(=O)N[C@@H](Cc1cnc[nH]1)C(=O)N[C@H](C(=O)N1CCC[C@H]1C(=O)NCC(=O)N[C@@H](CS)C(=O)N[C@H](C(=O)O)C(C)C)[C@@H](C)O. The number of likely N-dealkylation sites (tertiary alicyclic amines) is 1. The van der Waals surface area contributed by atoms with Crippen LogP contribution in [0.5, 0.6) is 5.75 Å². The lowest BCUT2D eigenvalue weighted by atomic mass is 9.95. The number of phenols is 1. The number of carboxylic acids is 3. The van der Waals surface area contributed by atoms with Gasteiger partial charge in [0, 0.05) is 43.5 Å². The molecule has 1 aromatic heterocycles. The maximum Gasteiger partial charge on any atom is 0.326 e. The number of thioether (sulfide) groups is 2. The number of carboxylic acid groups (broad SMARTS) is 3. The number of carbonyl (C=O) groups excluding carboxylic acids is 20. The molecule has 1 aliphatic heterocycles.